The molecule has 0 saturated carbocycles. The first-order valence-electron chi connectivity index (χ1n) is 6.62. The molecule has 0 aliphatic rings. The van der Waals surface area contributed by atoms with Crippen LogP contribution < -0.4 is 11.1 Å². The van der Waals surface area contributed by atoms with E-state index in [4.69, 9.17) is 10.5 Å². The SMILES string of the molecule is CCOCC(NC(=O)CC(CC)CN)C(C)C. The van der Waals surface area contributed by atoms with Crippen molar-refractivity contribution < 1.29 is 9.53 Å². The lowest BCUT2D eigenvalue weighted by Gasteiger charge is -2.23. The van der Waals surface area contributed by atoms with Gasteiger partial charge in [-0.2, -0.15) is 0 Å². The van der Waals surface area contributed by atoms with Gasteiger partial charge in [-0.15, -0.1) is 0 Å². The molecule has 0 rings (SSSR count). The highest BCUT2D eigenvalue weighted by atomic mass is 16.5. The molecule has 0 heterocycles. The Labute approximate surface area is 105 Å². The lowest BCUT2D eigenvalue weighted by Crippen LogP contribution is -2.42. The summed E-state index contributed by atoms with van der Waals surface area (Å²) in [7, 11) is 0. The Hall–Kier alpha value is -0.610. The third kappa shape index (κ3) is 7.34. The molecule has 4 heteroatoms. The van der Waals surface area contributed by atoms with E-state index in [1.807, 2.05) is 6.92 Å². The van der Waals surface area contributed by atoms with Gasteiger partial charge in [0.25, 0.3) is 0 Å². The van der Waals surface area contributed by atoms with Gasteiger partial charge < -0.3 is 15.8 Å². The maximum absolute atomic E-state index is 11.8. The van der Waals surface area contributed by atoms with Gasteiger partial charge in [0.2, 0.25) is 5.91 Å². The first-order chi connectivity index (χ1) is 8.04. The van der Waals surface area contributed by atoms with Crippen LogP contribution in [0.25, 0.3) is 0 Å². The normalized spacial score (nSPS) is 14.7. The second kappa shape index (κ2) is 9.42. The van der Waals surface area contributed by atoms with E-state index in [1.165, 1.54) is 0 Å². The molecule has 17 heavy (non-hydrogen) atoms. The second-order valence-corrected chi connectivity index (χ2v) is 4.79. The zero-order valence-electron chi connectivity index (χ0n) is 11.7. The van der Waals surface area contributed by atoms with Crippen molar-refractivity contribution in [3.63, 3.8) is 0 Å². The Morgan fingerprint density at radius 3 is 2.41 bits per heavy atom. The Kier molecular flexibility index (Phi) is 9.09. The molecule has 0 aromatic carbocycles. The molecule has 0 aromatic rings. The Balaban J connectivity index is 4.11. The number of rotatable bonds is 9. The fraction of sp³-hybridized carbons (Fsp3) is 0.923. The summed E-state index contributed by atoms with van der Waals surface area (Å²) in [6.45, 7) is 10.0. The fourth-order valence-corrected chi connectivity index (χ4v) is 1.57. The van der Waals surface area contributed by atoms with Gasteiger partial charge in [0.1, 0.15) is 0 Å². The molecule has 0 radical (unpaired) electrons. The Morgan fingerprint density at radius 2 is 2.00 bits per heavy atom. The van der Waals surface area contributed by atoms with Crippen molar-refractivity contribution in [2.45, 2.75) is 46.6 Å². The van der Waals surface area contributed by atoms with E-state index in [9.17, 15) is 4.79 Å². The van der Waals surface area contributed by atoms with Crippen LogP contribution in [0.2, 0.25) is 0 Å². The first-order valence-corrected chi connectivity index (χ1v) is 6.62. The van der Waals surface area contributed by atoms with Crippen LogP contribution in [0.4, 0.5) is 0 Å². The first kappa shape index (κ1) is 16.4. The van der Waals surface area contributed by atoms with E-state index >= 15 is 0 Å². The van der Waals surface area contributed by atoms with E-state index in [0.29, 0.717) is 32.1 Å². The van der Waals surface area contributed by atoms with Crippen LogP contribution in [0.5, 0.6) is 0 Å². The molecule has 0 saturated heterocycles. The molecule has 0 bridgehead atoms. The quantitative estimate of drug-likeness (QED) is 0.646. The highest BCUT2D eigenvalue weighted by Crippen LogP contribution is 2.08. The molecule has 2 atom stereocenters. The Bertz CT molecular complexity index is 204. The number of hydrogen-bond acceptors (Lipinski definition) is 3. The average Bonchev–Trinajstić information content (AvgIpc) is 2.30. The van der Waals surface area contributed by atoms with Crippen LogP contribution in [0.1, 0.15) is 40.5 Å². The predicted molar refractivity (Wildman–Crippen MR) is 70.7 cm³/mol. The minimum Gasteiger partial charge on any atom is -0.380 e. The molecule has 1 amide bonds. The largest absolute Gasteiger partial charge is 0.380 e. The second-order valence-electron chi connectivity index (χ2n) is 4.79. The molecule has 0 fully saturated rings. The van der Waals surface area contributed by atoms with Gasteiger partial charge >= 0.3 is 0 Å². The topological polar surface area (TPSA) is 64.3 Å². The van der Waals surface area contributed by atoms with Crippen LogP contribution in [0.3, 0.4) is 0 Å². The summed E-state index contributed by atoms with van der Waals surface area (Å²) in [4.78, 5) is 11.8. The maximum Gasteiger partial charge on any atom is 0.220 e. The summed E-state index contributed by atoms with van der Waals surface area (Å²) in [6.07, 6.45) is 1.46. The monoisotopic (exact) mass is 244 g/mol. The van der Waals surface area contributed by atoms with Crippen molar-refractivity contribution in [1.29, 1.82) is 0 Å². The molecule has 102 valence electrons. The zero-order chi connectivity index (χ0) is 13.3. The summed E-state index contributed by atoms with van der Waals surface area (Å²) >= 11 is 0. The molecule has 0 aliphatic carbocycles. The van der Waals surface area contributed by atoms with E-state index in [1.54, 1.807) is 0 Å². The molecule has 0 aliphatic heterocycles. The van der Waals surface area contributed by atoms with Gasteiger partial charge in [-0.25, -0.2) is 0 Å². The number of amides is 1. The summed E-state index contributed by atoms with van der Waals surface area (Å²) < 4.78 is 5.38. The number of nitrogens with two attached hydrogens (primary N) is 1. The van der Waals surface area contributed by atoms with Crippen molar-refractivity contribution in [3.8, 4) is 0 Å². The van der Waals surface area contributed by atoms with Crippen LogP contribution in [0.15, 0.2) is 0 Å². The van der Waals surface area contributed by atoms with Crippen LogP contribution in [0, 0.1) is 11.8 Å². The summed E-state index contributed by atoms with van der Waals surface area (Å²) in [5.74, 6) is 0.749. The lowest BCUT2D eigenvalue weighted by atomic mass is 10.0. The number of carbonyl (C=O) groups is 1. The van der Waals surface area contributed by atoms with Gasteiger partial charge in [-0.1, -0.05) is 27.2 Å². The van der Waals surface area contributed by atoms with Crippen molar-refractivity contribution >= 4 is 5.91 Å². The van der Waals surface area contributed by atoms with Gasteiger partial charge in [-0.3, -0.25) is 4.79 Å². The highest BCUT2D eigenvalue weighted by molar-refractivity contribution is 5.76. The number of nitrogens with one attached hydrogen (secondary N) is 1. The van der Waals surface area contributed by atoms with Gasteiger partial charge in [-0.05, 0) is 25.3 Å². The van der Waals surface area contributed by atoms with Crippen molar-refractivity contribution in [1.82, 2.24) is 5.32 Å². The van der Waals surface area contributed by atoms with Gasteiger partial charge in [0.05, 0.1) is 12.6 Å². The van der Waals surface area contributed by atoms with Crippen molar-refractivity contribution in [3.05, 3.63) is 0 Å². The standard InChI is InChI=1S/C13H28N2O2/c1-5-11(8-14)7-13(16)15-12(10(3)4)9-17-6-2/h10-12H,5-9,14H2,1-4H3,(H,15,16). The summed E-state index contributed by atoms with van der Waals surface area (Å²) in [5, 5.41) is 3.03. The third-order valence-corrected chi connectivity index (χ3v) is 3.04. The zero-order valence-corrected chi connectivity index (χ0v) is 11.7. The Morgan fingerprint density at radius 1 is 1.35 bits per heavy atom. The minimum absolute atomic E-state index is 0.0840. The van der Waals surface area contributed by atoms with Crippen molar-refractivity contribution in [2.24, 2.45) is 17.6 Å². The van der Waals surface area contributed by atoms with Crippen LogP contribution in [-0.2, 0) is 9.53 Å². The number of carbonyl (C=O) groups excluding carboxylic acids is 1. The average molecular weight is 244 g/mol. The molecular weight excluding hydrogens is 216 g/mol. The molecule has 2 unspecified atom stereocenters. The van der Waals surface area contributed by atoms with E-state index < -0.39 is 0 Å². The predicted octanol–water partition coefficient (Wildman–Crippen LogP) is 1.54. The molecule has 3 N–H and O–H groups in total. The maximum atomic E-state index is 11.8. The van der Waals surface area contributed by atoms with Crippen LogP contribution >= 0.6 is 0 Å². The summed E-state index contributed by atoms with van der Waals surface area (Å²) in [5.41, 5.74) is 5.60. The third-order valence-electron chi connectivity index (χ3n) is 3.04. The smallest absolute Gasteiger partial charge is 0.220 e. The highest BCUT2D eigenvalue weighted by Gasteiger charge is 2.18. The molecule has 4 nitrogen and oxygen atoms in total. The summed E-state index contributed by atoms with van der Waals surface area (Å²) in [6, 6.07) is 0.0951. The molecule has 0 spiro atoms. The fourth-order valence-electron chi connectivity index (χ4n) is 1.57. The van der Waals surface area contributed by atoms with Gasteiger partial charge in [0.15, 0.2) is 0 Å². The van der Waals surface area contributed by atoms with Crippen LogP contribution in [-0.4, -0.2) is 31.7 Å². The molecular formula is C13H28N2O2. The van der Waals surface area contributed by atoms with Gasteiger partial charge in [0, 0.05) is 13.0 Å². The van der Waals surface area contributed by atoms with Crippen molar-refractivity contribution in [2.75, 3.05) is 19.8 Å². The molecule has 0 aromatic heterocycles. The van der Waals surface area contributed by atoms with E-state index in [0.717, 1.165) is 6.42 Å². The number of hydrogen-bond donors (Lipinski definition) is 2. The minimum atomic E-state index is 0.0840. The van der Waals surface area contributed by atoms with E-state index in [-0.39, 0.29) is 17.9 Å². The number of ether oxygens (including phenoxy) is 1. The van der Waals surface area contributed by atoms with E-state index in [2.05, 4.69) is 26.1 Å². The lowest BCUT2D eigenvalue weighted by molar-refractivity contribution is -0.123.